The van der Waals surface area contributed by atoms with E-state index in [1.807, 2.05) is 48.5 Å². The van der Waals surface area contributed by atoms with E-state index in [1.54, 1.807) is 0 Å². The van der Waals surface area contributed by atoms with Gasteiger partial charge in [0, 0.05) is 19.0 Å². The van der Waals surface area contributed by atoms with Gasteiger partial charge in [-0.25, -0.2) is 4.79 Å². The van der Waals surface area contributed by atoms with E-state index in [9.17, 15) is 19.5 Å². The van der Waals surface area contributed by atoms with E-state index < -0.39 is 30.1 Å². The Kier molecular flexibility index (Phi) is 5.41. The Morgan fingerprint density at radius 1 is 1.07 bits per heavy atom. The van der Waals surface area contributed by atoms with Gasteiger partial charge < -0.3 is 25.2 Å². The number of aliphatic hydroxyl groups is 1. The monoisotopic (exact) mass is 410 g/mol. The number of nitrogens with zero attached hydrogens (tertiary/aromatic N) is 1. The standard InChI is InChI=1S/C22H22N2O6/c25-18-11-24(10-9-19(26)27)21(28)20(18)23-22(29)30-12-17-15-7-3-1-5-13(15)14-6-2-4-8-16(14)17/h1-8,17-18,20,25H,9-12H2,(H,23,29)(H,26,27)/t18?,20-/m0/s1. The third-order valence-electron chi connectivity index (χ3n) is 5.58. The molecule has 2 amide bonds. The van der Waals surface area contributed by atoms with E-state index in [2.05, 4.69) is 5.32 Å². The Labute approximate surface area is 173 Å². The van der Waals surface area contributed by atoms with Gasteiger partial charge in [-0.3, -0.25) is 9.59 Å². The number of amides is 2. The second-order valence-electron chi connectivity index (χ2n) is 7.44. The van der Waals surface area contributed by atoms with Crippen LogP contribution in [-0.4, -0.2) is 64.9 Å². The average molecular weight is 410 g/mol. The van der Waals surface area contributed by atoms with Crippen molar-refractivity contribution in [2.24, 2.45) is 0 Å². The fraction of sp³-hybridized carbons (Fsp3) is 0.318. The summed E-state index contributed by atoms with van der Waals surface area (Å²) in [5, 5.41) is 21.3. The van der Waals surface area contributed by atoms with Crippen molar-refractivity contribution in [1.82, 2.24) is 10.2 Å². The van der Waals surface area contributed by atoms with E-state index in [1.165, 1.54) is 4.90 Å². The zero-order valence-corrected chi connectivity index (χ0v) is 16.2. The topological polar surface area (TPSA) is 116 Å². The van der Waals surface area contributed by atoms with Crippen molar-refractivity contribution in [3.8, 4) is 11.1 Å². The molecule has 3 N–H and O–H groups in total. The molecule has 1 heterocycles. The van der Waals surface area contributed by atoms with Crippen LogP contribution in [0.5, 0.6) is 0 Å². The first-order valence-electron chi connectivity index (χ1n) is 9.76. The number of fused-ring (bicyclic) bond motifs is 3. The molecule has 1 unspecified atom stereocenters. The maximum Gasteiger partial charge on any atom is 0.407 e. The molecule has 8 heteroatoms. The normalized spacial score (nSPS) is 20.0. The van der Waals surface area contributed by atoms with Gasteiger partial charge in [0.25, 0.3) is 0 Å². The van der Waals surface area contributed by atoms with Crippen LogP contribution in [0, 0.1) is 0 Å². The van der Waals surface area contributed by atoms with Crippen LogP contribution in [0.1, 0.15) is 23.5 Å². The maximum atomic E-state index is 12.4. The van der Waals surface area contributed by atoms with Crippen molar-refractivity contribution in [3.05, 3.63) is 59.7 Å². The number of aliphatic carboxylic acids is 1. The van der Waals surface area contributed by atoms with Gasteiger partial charge in [-0.05, 0) is 22.3 Å². The Hall–Kier alpha value is -3.39. The Bertz CT molecular complexity index is 946. The minimum Gasteiger partial charge on any atom is -0.481 e. The van der Waals surface area contributed by atoms with Crippen molar-refractivity contribution in [3.63, 3.8) is 0 Å². The van der Waals surface area contributed by atoms with Crippen molar-refractivity contribution >= 4 is 18.0 Å². The molecule has 2 atom stereocenters. The molecule has 1 aliphatic carbocycles. The summed E-state index contributed by atoms with van der Waals surface area (Å²) in [4.78, 5) is 36.6. The van der Waals surface area contributed by atoms with Gasteiger partial charge in [0.2, 0.25) is 5.91 Å². The largest absolute Gasteiger partial charge is 0.481 e. The zero-order chi connectivity index (χ0) is 21.3. The SMILES string of the molecule is O=C(O)CCN1CC(O)[C@H](NC(=O)OCC2c3ccccc3-c3ccccc32)C1=O. The van der Waals surface area contributed by atoms with E-state index >= 15 is 0 Å². The van der Waals surface area contributed by atoms with E-state index in [-0.39, 0.29) is 32.0 Å². The number of β-amino-alcohol motifs (C(OH)–C–C–N with tert-alkyl or cyclic N) is 1. The zero-order valence-electron chi connectivity index (χ0n) is 16.2. The molecule has 0 bridgehead atoms. The summed E-state index contributed by atoms with van der Waals surface area (Å²) in [7, 11) is 0. The Morgan fingerprint density at radius 3 is 2.27 bits per heavy atom. The van der Waals surface area contributed by atoms with Crippen LogP contribution in [0.15, 0.2) is 48.5 Å². The molecule has 2 aromatic rings. The van der Waals surface area contributed by atoms with Gasteiger partial charge in [0.1, 0.15) is 18.8 Å². The highest BCUT2D eigenvalue weighted by Crippen LogP contribution is 2.44. The summed E-state index contributed by atoms with van der Waals surface area (Å²) < 4.78 is 5.41. The van der Waals surface area contributed by atoms with Crippen LogP contribution >= 0.6 is 0 Å². The van der Waals surface area contributed by atoms with Crippen LogP contribution < -0.4 is 5.32 Å². The van der Waals surface area contributed by atoms with E-state index in [0.717, 1.165) is 22.3 Å². The van der Waals surface area contributed by atoms with Crippen LogP contribution in [0.3, 0.4) is 0 Å². The molecular weight excluding hydrogens is 388 g/mol. The van der Waals surface area contributed by atoms with Gasteiger partial charge in [0.15, 0.2) is 0 Å². The predicted molar refractivity (Wildman–Crippen MR) is 107 cm³/mol. The minimum absolute atomic E-state index is 0.0197. The highest BCUT2D eigenvalue weighted by molar-refractivity contribution is 5.88. The van der Waals surface area contributed by atoms with Gasteiger partial charge in [-0.2, -0.15) is 0 Å². The van der Waals surface area contributed by atoms with Crippen molar-refractivity contribution in [1.29, 1.82) is 0 Å². The molecule has 156 valence electrons. The molecule has 1 saturated heterocycles. The van der Waals surface area contributed by atoms with Crippen LogP contribution in [-0.2, 0) is 14.3 Å². The summed E-state index contributed by atoms with van der Waals surface area (Å²) in [6, 6.07) is 14.8. The highest BCUT2D eigenvalue weighted by Gasteiger charge is 2.41. The molecule has 8 nitrogen and oxygen atoms in total. The highest BCUT2D eigenvalue weighted by atomic mass is 16.5. The summed E-state index contributed by atoms with van der Waals surface area (Å²) in [5.41, 5.74) is 4.36. The first kappa shape index (κ1) is 19.9. The summed E-state index contributed by atoms with van der Waals surface area (Å²) in [6.07, 6.45) is -2.14. The van der Waals surface area contributed by atoms with Gasteiger partial charge >= 0.3 is 12.1 Å². The lowest BCUT2D eigenvalue weighted by atomic mass is 9.98. The van der Waals surface area contributed by atoms with Gasteiger partial charge in [-0.15, -0.1) is 0 Å². The number of carbonyl (C=O) groups is 3. The molecule has 0 saturated carbocycles. The molecule has 0 spiro atoms. The smallest absolute Gasteiger partial charge is 0.407 e. The van der Waals surface area contributed by atoms with Crippen molar-refractivity contribution in [2.75, 3.05) is 19.7 Å². The van der Waals surface area contributed by atoms with Gasteiger partial charge in [-0.1, -0.05) is 48.5 Å². The number of carbonyl (C=O) groups excluding carboxylic acids is 2. The fourth-order valence-electron chi connectivity index (χ4n) is 4.14. The summed E-state index contributed by atoms with van der Waals surface area (Å²) in [6.45, 7) is 0.0497. The van der Waals surface area contributed by atoms with E-state index in [0.29, 0.717) is 0 Å². The third-order valence-corrected chi connectivity index (χ3v) is 5.58. The number of carboxylic acids is 1. The third kappa shape index (κ3) is 3.73. The quantitative estimate of drug-likeness (QED) is 0.666. The number of nitrogens with one attached hydrogen (secondary N) is 1. The minimum atomic E-state index is -1.14. The predicted octanol–water partition coefficient (Wildman–Crippen LogP) is 1.57. The average Bonchev–Trinajstić information content (AvgIpc) is 3.20. The summed E-state index contributed by atoms with van der Waals surface area (Å²) in [5.74, 6) is -1.66. The molecule has 30 heavy (non-hydrogen) atoms. The lowest BCUT2D eigenvalue weighted by Crippen LogP contribution is -2.46. The van der Waals surface area contributed by atoms with Crippen molar-refractivity contribution in [2.45, 2.75) is 24.5 Å². The van der Waals surface area contributed by atoms with E-state index in [4.69, 9.17) is 9.84 Å². The molecular formula is C22H22N2O6. The molecule has 2 aliphatic rings. The number of likely N-dealkylation sites (tertiary alicyclic amines) is 1. The number of rotatable bonds is 6. The summed E-state index contributed by atoms with van der Waals surface area (Å²) >= 11 is 0. The number of hydrogen-bond acceptors (Lipinski definition) is 5. The number of aliphatic hydroxyl groups excluding tert-OH is 1. The second-order valence-corrected chi connectivity index (χ2v) is 7.44. The fourth-order valence-corrected chi connectivity index (χ4v) is 4.14. The first-order valence-corrected chi connectivity index (χ1v) is 9.76. The lowest BCUT2D eigenvalue weighted by Gasteiger charge is -2.18. The molecule has 2 aromatic carbocycles. The van der Waals surface area contributed by atoms with Crippen LogP contribution in [0.4, 0.5) is 4.79 Å². The number of benzene rings is 2. The van der Waals surface area contributed by atoms with Crippen LogP contribution in [0.25, 0.3) is 11.1 Å². The maximum absolute atomic E-state index is 12.4. The molecule has 1 fully saturated rings. The molecule has 0 radical (unpaired) electrons. The number of alkyl carbamates (subject to hydrolysis) is 1. The number of ether oxygens (including phenoxy) is 1. The van der Waals surface area contributed by atoms with Crippen molar-refractivity contribution < 1.29 is 29.3 Å². The number of carboxylic acid groups (broad SMARTS) is 1. The number of hydrogen-bond donors (Lipinski definition) is 3. The Balaban J connectivity index is 1.39. The molecule has 4 rings (SSSR count). The lowest BCUT2D eigenvalue weighted by molar-refractivity contribution is -0.138. The Morgan fingerprint density at radius 2 is 1.67 bits per heavy atom. The van der Waals surface area contributed by atoms with Gasteiger partial charge in [0.05, 0.1) is 6.42 Å². The molecule has 0 aromatic heterocycles. The first-order chi connectivity index (χ1) is 14.5. The second kappa shape index (κ2) is 8.16. The van der Waals surface area contributed by atoms with Crippen LogP contribution in [0.2, 0.25) is 0 Å². The molecule has 1 aliphatic heterocycles.